The van der Waals surface area contributed by atoms with E-state index in [-0.39, 0.29) is 6.04 Å². The minimum Gasteiger partial charge on any atom is -0.386 e. The number of nitrogens with one attached hydrogen (secondary N) is 1. The van der Waals surface area contributed by atoms with E-state index in [2.05, 4.69) is 60.8 Å². The van der Waals surface area contributed by atoms with Crippen LogP contribution in [0.3, 0.4) is 0 Å². The minimum atomic E-state index is -0.634. The maximum atomic E-state index is 11.2. The summed E-state index contributed by atoms with van der Waals surface area (Å²) in [5, 5.41) is 15.3. The molecule has 3 aromatic rings. The van der Waals surface area contributed by atoms with E-state index < -0.39 is 12.0 Å². The minimum absolute atomic E-state index is 0.277. The highest BCUT2D eigenvalue weighted by molar-refractivity contribution is 7.10. The summed E-state index contributed by atoms with van der Waals surface area (Å²) in [5.74, 6) is -0.464. The van der Waals surface area contributed by atoms with E-state index in [1.54, 1.807) is 11.4 Å². The summed E-state index contributed by atoms with van der Waals surface area (Å²) >= 11 is 1.36. The molecule has 146 valence electrons. The van der Waals surface area contributed by atoms with Crippen molar-refractivity contribution in [2.45, 2.75) is 31.9 Å². The standard InChI is InChI=1S/C23H26N2O2S/c1-16(25-14-21(26)22-13-20(15-28-22)23(24)27)7-8-17-9-11-19(12-10-17)18-5-3-2-4-6-18/h2-6,9-13,15-16,21,25-26H,7-8,14H2,1H3,(H2,24,27). The van der Waals surface area contributed by atoms with Crippen molar-refractivity contribution in [2.24, 2.45) is 5.73 Å². The van der Waals surface area contributed by atoms with Gasteiger partial charge in [-0.1, -0.05) is 54.6 Å². The third-order valence-electron chi connectivity index (χ3n) is 4.82. The quantitative estimate of drug-likeness (QED) is 0.510. The summed E-state index contributed by atoms with van der Waals surface area (Å²) < 4.78 is 0. The van der Waals surface area contributed by atoms with Gasteiger partial charge in [-0.2, -0.15) is 0 Å². The SMILES string of the molecule is CC(CCc1ccc(-c2ccccc2)cc1)NCC(O)c1cc(C(N)=O)cs1. The molecule has 0 saturated heterocycles. The summed E-state index contributed by atoms with van der Waals surface area (Å²) in [6, 6.07) is 21.0. The summed E-state index contributed by atoms with van der Waals surface area (Å²) in [6.45, 7) is 2.57. The van der Waals surface area contributed by atoms with Crippen LogP contribution in [0.5, 0.6) is 0 Å². The molecule has 2 atom stereocenters. The maximum absolute atomic E-state index is 11.2. The van der Waals surface area contributed by atoms with Gasteiger partial charge in [-0.25, -0.2) is 0 Å². The fourth-order valence-electron chi connectivity index (χ4n) is 3.05. The monoisotopic (exact) mass is 394 g/mol. The molecule has 4 nitrogen and oxygen atoms in total. The number of carbonyl (C=O) groups is 1. The van der Waals surface area contributed by atoms with Crippen molar-refractivity contribution in [3.8, 4) is 11.1 Å². The number of primary amides is 1. The zero-order chi connectivity index (χ0) is 19.9. The summed E-state index contributed by atoms with van der Waals surface area (Å²) in [5.41, 5.74) is 9.47. The van der Waals surface area contributed by atoms with Gasteiger partial charge in [0.2, 0.25) is 5.91 Å². The molecule has 1 heterocycles. The van der Waals surface area contributed by atoms with Crippen molar-refractivity contribution < 1.29 is 9.90 Å². The molecule has 2 unspecified atom stereocenters. The van der Waals surface area contributed by atoms with Gasteiger partial charge < -0.3 is 16.2 Å². The normalized spacial score (nSPS) is 13.2. The lowest BCUT2D eigenvalue weighted by atomic mass is 10.0. The van der Waals surface area contributed by atoms with E-state index in [9.17, 15) is 9.90 Å². The molecule has 28 heavy (non-hydrogen) atoms. The van der Waals surface area contributed by atoms with Crippen LogP contribution < -0.4 is 11.1 Å². The smallest absolute Gasteiger partial charge is 0.249 e. The molecular formula is C23H26N2O2S. The second kappa shape index (κ2) is 9.64. The number of amides is 1. The topological polar surface area (TPSA) is 75.3 Å². The second-order valence-corrected chi connectivity index (χ2v) is 7.97. The first-order valence-electron chi connectivity index (χ1n) is 9.47. The maximum Gasteiger partial charge on any atom is 0.249 e. The number of rotatable bonds is 9. The predicted octanol–water partition coefficient (Wildman–Crippen LogP) is 4.16. The van der Waals surface area contributed by atoms with Crippen molar-refractivity contribution in [1.29, 1.82) is 0 Å². The Labute approximate surface area is 170 Å². The van der Waals surface area contributed by atoms with E-state index in [4.69, 9.17) is 5.73 Å². The van der Waals surface area contributed by atoms with Crippen molar-refractivity contribution >= 4 is 17.2 Å². The molecule has 3 rings (SSSR count). The molecule has 0 aliphatic rings. The zero-order valence-electron chi connectivity index (χ0n) is 16.0. The lowest BCUT2D eigenvalue weighted by molar-refractivity contribution is 0.100. The molecule has 0 spiro atoms. The second-order valence-electron chi connectivity index (χ2n) is 7.03. The van der Waals surface area contributed by atoms with Gasteiger partial charge in [0.15, 0.2) is 0 Å². The molecule has 0 aliphatic carbocycles. The molecule has 0 bridgehead atoms. The van der Waals surface area contributed by atoms with E-state index in [1.165, 1.54) is 28.0 Å². The number of thiophene rings is 1. The van der Waals surface area contributed by atoms with Gasteiger partial charge in [0.25, 0.3) is 0 Å². The van der Waals surface area contributed by atoms with Gasteiger partial charge in [0.05, 0.1) is 5.56 Å². The van der Waals surface area contributed by atoms with Gasteiger partial charge in [-0.15, -0.1) is 11.3 Å². The van der Waals surface area contributed by atoms with Crippen LogP contribution >= 0.6 is 11.3 Å². The Hall–Kier alpha value is -2.47. The number of carbonyl (C=O) groups excluding carboxylic acids is 1. The average Bonchev–Trinajstić information content (AvgIpc) is 3.22. The Balaban J connectivity index is 1.45. The van der Waals surface area contributed by atoms with Crippen LogP contribution in [-0.4, -0.2) is 23.6 Å². The highest BCUT2D eigenvalue weighted by Crippen LogP contribution is 2.22. The summed E-state index contributed by atoms with van der Waals surface area (Å²) in [6.07, 6.45) is 1.32. The Morgan fingerprint density at radius 2 is 1.79 bits per heavy atom. The molecule has 0 saturated carbocycles. The molecular weight excluding hydrogens is 368 g/mol. The third-order valence-corrected chi connectivity index (χ3v) is 5.85. The third kappa shape index (κ3) is 5.52. The van der Waals surface area contributed by atoms with E-state index in [0.29, 0.717) is 12.1 Å². The van der Waals surface area contributed by atoms with Gasteiger partial charge >= 0.3 is 0 Å². The van der Waals surface area contributed by atoms with Crippen molar-refractivity contribution in [3.63, 3.8) is 0 Å². The summed E-state index contributed by atoms with van der Waals surface area (Å²) in [4.78, 5) is 11.9. The first-order valence-corrected chi connectivity index (χ1v) is 10.3. The predicted molar refractivity (Wildman–Crippen MR) is 115 cm³/mol. The van der Waals surface area contributed by atoms with Crippen LogP contribution in [-0.2, 0) is 6.42 Å². The molecule has 2 aromatic carbocycles. The number of aliphatic hydroxyl groups is 1. The van der Waals surface area contributed by atoms with Crippen LogP contribution in [0.1, 0.15) is 40.2 Å². The first-order chi connectivity index (χ1) is 13.5. The van der Waals surface area contributed by atoms with Crippen LogP contribution in [0.2, 0.25) is 0 Å². The Kier molecular flexibility index (Phi) is 6.98. The lowest BCUT2D eigenvalue weighted by Gasteiger charge is -2.16. The average molecular weight is 395 g/mol. The van der Waals surface area contributed by atoms with Crippen LogP contribution in [0.15, 0.2) is 66.0 Å². The molecule has 0 aliphatic heterocycles. The van der Waals surface area contributed by atoms with Gasteiger partial charge in [-0.3, -0.25) is 4.79 Å². The molecule has 0 fully saturated rings. The molecule has 0 radical (unpaired) electrons. The van der Waals surface area contributed by atoms with Crippen molar-refractivity contribution in [3.05, 3.63) is 82.0 Å². The highest BCUT2D eigenvalue weighted by atomic mass is 32.1. The number of hydrogen-bond donors (Lipinski definition) is 3. The Morgan fingerprint density at radius 3 is 2.43 bits per heavy atom. The Bertz CT molecular complexity index is 890. The molecule has 1 amide bonds. The van der Waals surface area contributed by atoms with Crippen LogP contribution in [0, 0.1) is 0 Å². The number of aryl methyl sites for hydroxylation is 1. The van der Waals surface area contributed by atoms with Crippen molar-refractivity contribution in [2.75, 3.05) is 6.54 Å². The van der Waals surface area contributed by atoms with Gasteiger partial charge in [0.1, 0.15) is 6.10 Å². The molecule has 4 N–H and O–H groups in total. The fraction of sp³-hybridized carbons (Fsp3) is 0.261. The number of hydrogen-bond acceptors (Lipinski definition) is 4. The van der Waals surface area contributed by atoms with E-state index in [1.807, 2.05) is 6.07 Å². The highest BCUT2D eigenvalue weighted by Gasteiger charge is 2.13. The molecule has 5 heteroatoms. The van der Waals surface area contributed by atoms with E-state index in [0.717, 1.165) is 17.7 Å². The van der Waals surface area contributed by atoms with Gasteiger partial charge in [-0.05, 0) is 42.5 Å². The molecule has 1 aromatic heterocycles. The zero-order valence-corrected chi connectivity index (χ0v) is 16.8. The first kappa shape index (κ1) is 20.3. The van der Waals surface area contributed by atoms with Crippen LogP contribution in [0.25, 0.3) is 11.1 Å². The largest absolute Gasteiger partial charge is 0.386 e. The lowest BCUT2D eigenvalue weighted by Crippen LogP contribution is -2.30. The van der Waals surface area contributed by atoms with E-state index >= 15 is 0 Å². The Morgan fingerprint density at radius 1 is 1.11 bits per heavy atom. The number of aliphatic hydroxyl groups excluding tert-OH is 1. The van der Waals surface area contributed by atoms with Crippen molar-refractivity contribution in [1.82, 2.24) is 5.32 Å². The number of nitrogens with two attached hydrogens (primary N) is 1. The van der Waals surface area contributed by atoms with Gasteiger partial charge in [0, 0.05) is 22.8 Å². The fourth-order valence-corrected chi connectivity index (χ4v) is 3.93. The number of benzene rings is 2. The summed E-state index contributed by atoms with van der Waals surface area (Å²) in [7, 11) is 0. The van der Waals surface area contributed by atoms with Crippen LogP contribution in [0.4, 0.5) is 0 Å².